The van der Waals surface area contributed by atoms with Crippen molar-refractivity contribution in [3.8, 4) is 0 Å². The maximum atomic E-state index is 12.6. The molecule has 1 saturated heterocycles. The zero-order valence-corrected chi connectivity index (χ0v) is 14.6. The van der Waals surface area contributed by atoms with Crippen molar-refractivity contribution in [2.24, 2.45) is 4.99 Å². The van der Waals surface area contributed by atoms with Gasteiger partial charge in [0.05, 0.1) is 16.1 Å². The molecule has 21 heavy (non-hydrogen) atoms. The summed E-state index contributed by atoms with van der Waals surface area (Å²) >= 11 is 15.3. The van der Waals surface area contributed by atoms with Gasteiger partial charge in [-0.25, -0.2) is 18.2 Å². The van der Waals surface area contributed by atoms with Crippen LogP contribution >= 0.6 is 39.1 Å². The van der Waals surface area contributed by atoms with Crippen LogP contribution in [0, 0.1) is 0 Å². The van der Waals surface area contributed by atoms with Crippen LogP contribution in [0.4, 0.5) is 0 Å². The van der Waals surface area contributed by atoms with Gasteiger partial charge in [0, 0.05) is 17.6 Å². The highest BCUT2D eigenvalue weighted by molar-refractivity contribution is 9.10. The molecule has 0 N–H and O–H groups in total. The van der Waals surface area contributed by atoms with Crippen LogP contribution in [0.5, 0.6) is 0 Å². The summed E-state index contributed by atoms with van der Waals surface area (Å²) in [6, 6.07) is 2.80. The minimum absolute atomic E-state index is 0.0717. The molecule has 1 fully saturated rings. The monoisotopic (exact) mass is 412 g/mol. The summed E-state index contributed by atoms with van der Waals surface area (Å²) in [6.45, 7) is 0.530. The minimum atomic E-state index is -3.77. The number of aliphatic imine (C=N–C) groups is 1. The molecule has 1 aromatic carbocycles. The van der Waals surface area contributed by atoms with Crippen molar-refractivity contribution >= 4 is 55.2 Å². The number of isocyanates is 1. The Labute approximate surface area is 141 Å². The summed E-state index contributed by atoms with van der Waals surface area (Å²) in [7, 11) is -3.77. The first-order valence-electron chi connectivity index (χ1n) is 6.08. The van der Waals surface area contributed by atoms with E-state index in [4.69, 9.17) is 23.2 Å². The van der Waals surface area contributed by atoms with E-state index in [0.717, 1.165) is 0 Å². The van der Waals surface area contributed by atoms with Crippen molar-refractivity contribution in [1.29, 1.82) is 0 Å². The van der Waals surface area contributed by atoms with Crippen molar-refractivity contribution in [3.05, 3.63) is 26.7 Å². The summed E-state index contributed by atoms with van der Waals surface area (Å²) in [5.41, 5.74) is 0. The lowest BCUT2D eigenvalue weighted by Gasteiger charge is -2.29. The van der Waals surface area contributed by atoms with E-state index in [1.165, 1.54) is 22.5 Å². The van der Waals surface area contributed by atoms with E-state index in [1.807, 2.05) is 0 Å². The molecule has 0 unspecified atom stereocenters. The summed E-state index contributed by atoms with van der Waals surface area (Å²) in [4.78, 5) is 13.8. The smallest absolute Gasteiger partial charge is 0.211 e. The van der Waals surface area contributed by atoms with Crippen LogP contribution in [0.15, 0.2) is 26.5 Å². The van der Waals surface area contributed by atoms with Crippen molar-refractivity contribution < 1.29 is 13.2 Å². The Morgan fingerprint density at radius 2 is 1.76 bits per heavy atom. The van der Waals surface area contributed by atoms with Crippen molar-refractivity contribution in [3.63, 3.8) is 0 Å². The average molecular weight is 414 g/mol. The van der Waals surface area contributed by atoms with Crippen molar-refractivity contribution in [2.75, 3.05) is 13.1 Å². The standard InChI is InChI=1S/C12H11BrCl2N2O3S/c13-8-5-10(14)12(11(15)6-8)21(19,20)17-3-1-9(2-4-17)16-7-18/h5-6,9H,1-4H2. The predicted octanol–water partition coefficient (Wildman–Crippen LogP) is 3.24. The summed E-state index contributed by atoms with van der Waals surface area (Å²) in [6.07, 6.45) is 2.45. The first-order chi connectivity index (χ1) is 9.86. The maximum Gasteiger partial charge on any atom is 0.246 e. The number of benzene rings is 1. The molecule has 1 heterocycles. The quantitative estimate of drug-likeness (QED) is 0.564. The fourth-order valence-corrected chi connectivity index (χ4v) is 5.54. The number of nitrogens with zero attached hydrogens (tertiary/aromatic N) is 2. The van der Waals surface area contributed by atoms with Crippen LogP contribution in [0.1, 0.15) is 12.8 Å². The molecule has 0 saturated carbocycles. The van der Waals surface area contributed by atoms with Gasteiger partial charge in [0.1, 0.15) is 4.90 Å². The number of sulfonamides is 1. The van der Waals surface area contributed by atoms with Gasteiger partial charge in [-0.05, 0) is 25.0 Å². The van der Waals surface area contributed by atoms with Gasteiger partial charge in [0.25, 0.3) is 0 Å². The summed E-state index contributed by atoms with van der Waals surface area (Å²) < 4.78 is 27.2. The molecule has 114 valence electrons. The lowest BCUT2D eigenvalue weighted by atomic mass is 10.1. The van der Waals surface area contributed by atoms with Crippen LogP contribution in [-0.4, -0.2) is 37.9 Å². The summed E-state index contributed by atoms with van der Waals surface area (Å²) in [5.74, 6) is 0. The number of hydrogen-bond acceptors (Lipinski definition) is 4. The Hall–Kier alpha value is -0.430. The molecule has 1 aliphatic heterocycles. The molecule has 0 aromatic heterocycles. The number of piperidine rings is 1. The van der Waals surface area contributed by atoms with Crippen LogP contribution < -0.4 is 0 Å². The van der Waals surface area contributed by atoms with Crippen molar-refractivity contribution in [2.45, 2.75) is 23.8 Å². The number of carbonyl (C=O) groups excluding carboxylic acids is 1. The van der Waals surface area contributed by atoms with Crippen molar-refractivity contribution in [1.82, 2.24) is 4.31 Å². The Morgan fingerprint density at radius 3 is 2.24 bits per heavy atom. The second-order valence-corrected chi connectivity index (χ2v) is 8.16. The zero-order valence-electron chi connectivity index (χ0n) is 10.7. The molecule has 1 aromatic rings. The highest BCUT2D eigenvalue weighted by atomic mass is 79.9. The third kappa shape index (κ3) is 3.67. The van der Waals surface area contributed by atoms with Crippen LogP contribution in [0.2, 0.25) is 10.0 Å². The third-order valence-electron chi connectivity index (χ3n) is 3.22. The molecular formula is C12H11BrCl2N2O3S. The number of halogens is 3. The van der Waals surface area contributed by atoms with E-state index >= 15 is 0 Å². The molecule has 9 heteroatoms. The number of rotatable bonds is 3. The van der Waals surface area contributed by atoms with Gasteiger partial charge in [-0.1, -0.05) is 39.1 Å². The van der Waals surface area contributed by atoms with Gasteiger partial charge in [0.2, 0.25) is 16.1 Å². The molecular weight excluding hydrogens is 403 g/mol. The zero-order chi connectivity index (χ0) is 15.6. The lowest BCUT2D eigenvalue weighted by molar-refractivity contribution is 0.320. The fraction of sp³-hybridized carbons (Fsp3) is 0.417. The molecule has 1 aliphatic rings. The van der Waals surface area contributed by atoms with Crippen LogP contribution in [-0.2, 0) is 14.8 Å². The molecule has 0 amide bonds. The van der Waals surface area contributed by atoms with Crippen LogP contribution in [0.25, 0.3) is 0 Å². The fourth-order valence-electron chi connectivity index (χ4n) is 2.19. The van der Waals surface area contributed by atoms with E-state index in [2.05, 4.69) is 20.9 Å². The largest absolute Gasteiger partial charge is 0.246 e. The maximum absolute atomic E-state index is 12.6. The summed E-state index contributed by atoms with van der Waals surface area (Å²) in [5, 5.41) is 0.143. The lowest BCUT2D eigenvalue weighted by Crippen LogP contribution is -2.39. The average Bonchev–Trinajstić information content (AvgIpc) is 2.38. The van der Waals surface area contributed by atoms with Gasteiger partial charge in [-0.3, -0.25) is 0 Å². The molecule has 0 bridgehead atoms. The van der Waals surface area contributed by atoms with E-state index in [9.17, 15) is 13.2 Å². The first-order valence-corrected chi connectivity index (χ1v) is 9.07. The van der Waals surface area contributed by atoms with Gasteiger partial charge < -0.3 is 0 Å². The SMILES string of the molecule is O=C=NC1CCN(S(=O)(=O)c2c(Cl)cc(Br)cc2Cl)CC1. The third-order valence-corrected chi connectivity index (χ3v) is 6.50. The number of hydrogen-bond donors (Lipinski definition) is 0. The Morgan fingerprint density at radius 1 is 1.24 bits per heavy atom. The van der Waals surface area contributed by atoms with Gasteiger partial charge in [0.15, 0.2) is 0 Å². The second-order valence-electron chi connectivity index (χ2n) is 4.55. The molecule has 0 aliphatic carbocycles. The highest BCUT2D eigenvalue weighted by Crippen LogP contribution is 2.35. The molecule has 0 radical (unpaired) electrons. The van der Waals surface area contributed by atoms with Gasteiger partial charge in [-0.2, -0.15) is 4.31 Å². The van der Waals surface area contributed by atoms with Gasteiger partial charge >= 0.3 is 0 Å². The van der Waals surface area contributed by atoms with Crippen LogP contribution in [0.3, 0.4) is 0 Å². The molecule has 0 atom stereocenters. The molecule has 0 spiro atoms. The minimum Gasteiger partial charge on any atom is -0.211 e. The topological polar surface area (TPSA) is 66.8 Å². The first kappa shape index (κ1) is 16.9. The molecule has 2 rings (SSSR count). The molecule has 5 nitrogen and oxygen atoms in total. The Bertz CT molecular complexity index is 673. The van der Waals surface area contributed by atoms with E-state index in [0.29, 0.717) is 17.3 Å². The predicted molar refractivity (Wildman–Crippen MR) is 84.1 cm³/mol. The van der Waals surface area contributed by atoms with Gasteiger partial charge in [-0.15, -0.1) is 0 Å². The Kier molecular flexibility index (Phi) is 5.46. The normalized spacial score (nSPS) is 17.5. The Balaban J connectivity index is 2.30. The second kappa shape index (κ2) is 6.77. The highest BCUT2D eigenvalue weighted by Gasteiger charge is 2.32. The van der Waals surface area contributed by atoms with E-state index in [1.54, 1.807) is 0 Å². The van der Waals surface area contributed by atoms with E-state index in [-0.39, 0.29) is 34.1 Å². The van der Waals surface area contributed by atoms with E-state index < -0.39 is 10.0 Å².